The fourth-order valence-corrected chi connectivity index (χ4v) is 5.76. The zero-order valence-corrected chi connectivity index (χ0v) is 15.4. The smallest absolute Gasteiger partial charge is 0.246 e. The Morgan fingerprint density at radius 2 is 2.09 bits per heavy atom. The highest BCUT2D eigenvalue weighted by molar-refractivity contribution is 8.00. The lowest BCUT2D eigenvalue weighted by molar-refractivity contribution is -0.125. The van der Waals surface area contributed by atoms with Crippen LogP contribution in [0.5, 0.6) is 0 Å². The SMILES string of the molecule is CC(C)(C)NC(=O)C1CSCN1S(=O)(=O)c1cc(F)ccc1Cl. The molecule has 1 aromatic carbocycles. The molecule has 5 nitrogen and oxygen atoms in total. The van der Waals surface area contributed by atoms with Crippen molar-refractivity contribution in [2.75, 3.05) is 11.6 Å². The summed E-state index contributed by atoms with van der Waals surface area (Å²) >= 11 is 7.24. The monoisotopic (exact) mass is 380 g/mol. The number of halogens is 2. The molecule has 1 fully saturated rings. The highest BCUT2D eigenvalue weighted by Crippen LogP contribution is 2.32. The molecular weight excluding hydrogens is 363 g/mol. The molecule has 0 spiro atoms. The molecule has 0 saturated carbocycles. The number of hydrogen-bond acceptors (Lipinski definition) is 4. The van der Waals surface area contributed by atoms with E-state index in [4.69, 9.17) is 11.6 Å². The second-order valence-electron chi connectivity index (χ2n) is 6.22. The lowest BCUT2D eigenvalue weighted by Gasteiger charge is -2.27. The Labute approximate surface area is 144 Å². The Morgan fingerprint density at radius 1 is 1.43 bits per heavy atom. The van der Waals surface area contributed by atoms with Crippen LogP contribution in [0.15, 0.2) is 23.1 Å². The van der Waals surface area contributed by atoms with Crippen molar-refractivity contribution < 1.29 is 17.6 Å². The standard InChI is InChI=1S/C14H18ClFN2O3S2/c1-14(2,3)17-13(19)11-7-22-8-18(11)23(20,21)12-6-9(16)4-5-10(12)15/h4-6,11H,7-8H2,1-3H3,(H,17,19). The largest absolute Gasteiger partial charge is 0.350 e. The molecule has 1 aliphatic rings. The van der Waals surface area contributed by atoms with Gasteiger partial charge in [-0.05, 0) is 39.0 Å². The summed E-state index contributed by atoms with van der Waals surface area (Å²) in [6.45, 7) is 5.44. The second-order valence-corrected chi connectivity index (χ2v) is 9.49. The predicted octanol–water partition coefficient (Wildman–Crippen LogP) is 2.46. The van der Waals surface area contributed by atoms with Crippen molar-refractivity contribution in [2.45, 2.75) is 37.2 Å². The van der Waals surface area contributed by atoms with Crippen LogP contribution in [0.2, 0.25) is 5.02 Å². The summed E-state index contributed by atoms with van der Waals surface area (Å²) < 4.78 is 40.0. The zero-order chi connectivity index (χ0) is 17.4. The Bertz CT molecular complexity index is 719. The van der Waals surface area contributed by atoms with Crippen LogP contribution in [-0.2, 0) is 14.8 Å². The minimum Gasteiger partial charge on any atom is -0.350 e. The maximum atomic E-state index is 13.4. The fraction of sp³-hybridized carbons (Fsp3) is 0.500. The molecule has 23 heavy (non-hydrogen) atoms. The van der Waals surface area contributed by atoms with Crippen LogP contribution in [0.1, 0.15) is 20.8 Å². The molecule has 0 aliphatic carbocycles. The molecule has 1 saturated heterocycles. The molecule has 1 unspecified atom stereocenters. The second kappa shape index (κ2) is 6.58. The number of sulfonamides is 1. The van der Waals surface area contributed by atoms with E-state index >= 15 is 0 Å². The molecule has 1 atom stereocenters. The fourth-order valence-electron chi connectivity index (χ4n) is 2.12. The van der Waals surface area contributed by atoms with Crippen molar-refractivity contribution in [2.24, 2.45) is 0 Å². The molecule has 1 aliphatic heterocycles. The number of rotatable bonds is 3. The van der Waals surface area contributed by atoms with Crippen LogP contribution < -0.4 is 5.32 Å². The summed E-state index contributed by atoms with van der Waals surface area (Å²) in [7, 11) is -4.06. The summed E-state index contributed by atoms with van der Waals surface area (Å²) in [4.78, 5) is 12.0. The van der Waals surface area contributed by atoms with Crippen molar-refractivity contribution in [3.8, 4) is 0 Å². The van der Waals surface area contributed by atoms with Gasteiger partial charge in [0.25, 0.3) is 0 Å². The van der Waals surface area contributed by atoms with E-state index < -0.39 is 27.4 Å². The average molecular weight is 381 g/mol. The van der Waals surface area contributed by atoms with E-state index in [2.05, 4.69) is 5.32 Å². The van der Waals surface area contributed by atoms with Gasteiger partial charge in [0.05, 0.1) is 10.9 Å². The molecule has 128 valence electrons. The van der Waals surface area contributed by atoms with Crippen molar-refractivity contribution in [3.63, 3.8) is 0 Å². The lowest BCUT2D eigenvalue weighted by Crippen LogP contribution is -2.52. The normalized spacial score (nSPS) is 19.8. The Balaban J connectivity index is 2.35. The maximum Gasteiger partial charge on any atom is 0.246 e. The quantitative estimate of drug-likeness (QED) is 0.874. The summed E-state index contributed by atoms with van der Waals surface area (Å²) in [6, 6.07) is 2.31. The molecule has 0 aromatic heterocycles. The number of hydrogen-bond donors (Lipinski definition) is 1. The molecule has 0 radical (unpaired) electrons. The third kappa shape index (κ3) is 4.17. The number of carbonyl (C=O) groups excluding carboxylic acids is 1. The highest BCUT2D eigenvalue weighted by atomic mass is 35.5. The topological polar surface area (TPSA) is 66.5 Å². The number of amides is 1. The van der Waals surface area contributed by atoms with Gasteiger partial charge in [0.1, 0.15) is 16.8 Å². The number of nitrogens with one attached hydrogen (secondary N) is 1. The van der Waals surface area contributed by atoms with Crippen molar-refractivity contribution >= 4 is 39.3 Å². The van der Waals surface area contributed by atoms with Crippen LogP contribution in [0, 0.1) is 5.82 Å². The van der Waals surface area contributed by atoms with Crippen LogP contribution in [0.25, 0.3) is 0 Å². The first-order valence-corrected chi connectivity index (χ1v) is 9.86. The number of nitrogens with zero attached hydrogens (tertiary/aromatic N) is 1. The van der Waals surface area contributed by atoms with Gasteiger partial charge in [-0.2, -0.15) is 4.31 Å². The molecule has 1 aromatic rings. The van der Waals surface area contributed by atoms with Crippen LogP contribution in [0.4, 0.5) is 4.39 Å². The van der Waals surface area contributed by atoms with E-state index in [1.54, 1.807) is 0 Å². The van der Waals surface area contributed by atoms with E-state index in [9.17, 15) is 17.6 Å². The lowest BCUT2D eigenvalue weighted by atomic mass is 10.1. The van der Waals surface area contributed by atoms with Crippen molar-refractivity contribution in [1.29, 1.82) is 0 Å². The summed E-state index contributed by atoms with van der Waals surface area (Å²) in [5.41, 5.74) is -0.476. The van der Waals surface area contributed by atoms with E-state index in [1.165, 1.54) is 17.8 Å². The molecular formula is C14H18ClFN2O3S2. The van der Waals surface area contributed by atoms with Crippen molar-refractivity contribution in [1.82, 2.24) is 9.62 Å². The summed E-state index contributed by atoms with van der Waals surface area (Å²) in [6.07, 6.45) is 0. The van der Waals surface area contributed by atoms with Gasteiger partial charge in [-0.3, -0.25) is 4.79 Å². The summed E-state index contributed by atoms with van der Waals surface area (Å²) in [5.74, 6) is -0.611. The van der Waals surface area contributed by atoms with E-state index in [0.29, 0.717) is 5.75 Å². The zero-order valence-electron chi connectivity index (χ0n) is 13.0. The van der Waals surface area contributed by atoms with Crippen LogP contribution in [0.3, 0.4) is 0 Å². The number of thioether (sulfide) groups is 1. The van der Waals surface area contributed by atoms with Gasteiger partial charge >= 0.3 is 0 Å². The Hall–Kier alpha value is -0.830. The van der Waals surface area contributed by atoms with Gasteiger partial charge in [0, 0.05) is 11.3 Å². The molecule has 1 amide bonds. The number of benzene rings is 1. The van der Waals surface area contributed by atoms with Gasteiger partial charge < -0.3 is 5.32 Å². The van der Waals surface area contributed by atoms with Crippen LogP contribution in [-0.4, -0.2) is 41.8 Å². The average Bonchev–Trinajstić information content (AvgIpc) is 2.89. The van der Waals surface area contributed by atoms with Gasteiger partial charge in [-0.1, -0.05) is 11.6 Å². The van der Waals surface area contributed by atoms with Crippen LogP contribution >= 0.6 is 23.4 Å². The highest BCUT2D eigenvalue weighted by Gasteiger charge is 2.41. The first kappa shape index (κ1) is 18.5. The first-order valence-electron chi connectivity index (χ1n) is 6.89. The maximum absolute atomic E-state index is 13.4. The molecule has 2 rings (SSSR count). The van der Waals surface area contributed by atoms with Gasteiger partial charge in [0.2, 0.25) is 15.9 Å². The van der Waals surface area contributed by atoms with E-state index in [1.807, 2.05) is 20.8 Å². The molecule has 0 bridgehead atoms. The van der Waals surface area contributed by atoms with Gasteiger partial charge in [-0.15, -0.1) is 11.8 Å². The molecule has 9 heteroatoms. The third-order valence-electron chi connectivity index (χ3n) is 3.12. The van der Waals surface area contributed by atoms with Gasteiger partial charge in [0.15, 0.2) is 0 Å². The molecule has 1 heterocycles. The predicted molar refractivity (Wildman–Crippen MR) is 89.4 cm³/mol. The molecule has 1 N–H and O–H groups in total. The van der Waals surface area contributed by atoms with E-state index in [0.717, 1.165) is 16.4 Å². The Morgan fingerprint density at radius 3 is 2.70 bits per heavy atom. The Kier molecular flexibility index (Phi) is 5.30. The number of carbonyl (C=O) groups is 1. The first-order chi connectivity index (χ1) is 10.5. The summed E-state index contributed by atoms with van der Waals surface area (Å²) in [5, 5.41) is 2.70. The minimum atomic E-state index is -4.06. The van der Waals surface area contributed by atoms with Crippen molar-refractivity contribution in [3.05, 3.63) is 29.0 Å². The van der Waals surface area contributed by atoms with Gasteiger partial charge in [-0.25, -0.2) is 12.8 Å². The third-order valence-corrected chi connectivity index (χ3v) is 6.63. The minimum absolute atomic E-state index is 0.0710. The van der Waals surface area contributed by atoms with E-state index in [-0.39, 0.29) is 21.7 Å².